The molecule has 0 bridgehead atoms. The van der Waals surface area contributed by atoms with Crippen molar-refractivity contribution >= 4 is 34.8 Å². The SMILES string of the molecule is CCCCCN1CCOC1C(Cl)(Cl)Cl. The maximum Gasteiger partial charge on any atom is 0.229 e. The van der Waals surface area contributed by atoms with E-state index in [0.29, 0.717) is 6.61 Å². The Hall–Kier alpha value is 0.790. The molecule has 0 aromatic carbocycles. The van der Waals surface area contributed by atoms with E-state index < -0.39 is 3.79 Å². The number of ether oxygens (including phenoxy) is 1. The van der Waals surface area contributed by atoms with Gasteiger partial charge in [-0.25, -0.2) is 0 Å². The summed E-state index contributed by atoms with van der Waals surface area (Å²) >= 11 is 17.4. The minimum atomic E-state index is -1.33. The number of hydrogen-bond acceptors (Lipinski definition) is 2. The zero-order valence-electron chi connectivity index (χ0n) is 8.31. The Morgan fingerprint density at radius 1 is 1.36 bits per heavy atom. The van der Waals surface area contributed by atoms with Gasteiger partial charge in [0.05, 0.1) is 6.61 Å². The standard InChI is InChI=1S/C9H16Cl3NO/c1-2-3-4-5-13-6-7-14-8(13)9(10,11)12/h8H,2-7H2,1H3. The molecule has 1 heterocycles. The molecule has 1 saturated heterocycles. The molecule has 84 valence electrons. The van der Waals surface area contributed by atoms with Crippen molar-refractivity contribution in [2.45, 2.75) is 36.2 Å². The van der Waals surface area contributed by atoms with Crippen LogP contribution in [0.15, 0.2) is 0 Å². The summed E-state index contributed by atoms with van der Waals surface area (Å²) in [5.41, 5.74) is 0. The zero-order chi connectivity index (χ0) is 10.6. The van der Waals surface area contributed by atoms with E-state index in [2.05, 4.69) is 11.8 Å². The number of rotatable bonds is 4. The van der Waals surface area contributed by atoms with E-state index in [4.69, 9.17) is 39.5 Å². The number of hydrogen-bond donors (Lipinski definition) is 0. The summed E-state index contributed by atoms with van der Waals surface area (Å²) in [7, 11) is 0. The molecule has 1 fully saturated rings. The first-order valence-electron chi connectivity index (χ1n) is 4.98. The number of nitrogens with zero attached hydrogens (tertiary/aromatic N) is 1. The highest BCUT2D eigenvalue weighted by atomic mass is 35.6. The van der Waals surface area contributed by atoms with Crippen molar-refractivity contribution in [2.24, 2.45) is 0 Å². The first-order valence-corrected chi connectivity index (χ1v) is 6.11. The normalized spacial score (nSPS) is 24.4. The van der Waals surface area contributed by atoms with Gasteiger partial charge in [0, 0.05) is 13.1 Å². The predicted octanol–water partition coefficient (Wildman–Crippen LogP) is 3.21. The molecule has 0 N–H and O–H groups in total. The predicted molar refractivity (Wildman–Crippen MR) is 61.1 cm³/mol. The van der Waals surface area contributed by atoms with Gasteiger partial charge in [0.2, 0.25) is 3.79 Å². The van der Waals surface area contributed by atoms with Crippen molar-refractivity contribution in [1.82, 2.24) is 4.90 Å². The second-order valence-electron chi connectivity index (χ2n) is 3.51. The molecule has 14 heavy (non-hydrogen) atoms. The van der Waals surface area contributed by atoms with E-state index in [9.17, 15) is 0 Å². The van der Waals surface area contributed by atoms with Crippen LogP contribution in [-0.4, -0.2) is 34.6 Å². The average molecular weight is 261 g/mol. The Morgan fingerprint density at radius 3 is 2.64 bits per heavy atom. The number of unbranched alkanes of at least 4 members (excludes halogenated alkanes) is 2. The van der Waals surface area contributed by atoms with Crippen LogP contribution in [0.5, 0.6) is 0 Å². The van der Waals surface area contributed by atoms with Crippen LogP contribution in [0.25, 0.3) is 0 Å². The molecule has 0 amide bonds. The van der Waals surface area contributed by atoms with Crippen molar-refractivity contribution in [1.29, 1.82) is 0 Å². The molecule has 0 radical (unpaired) electrons. The second kappa shape index (κ2) is 5.76. The van der Waals surface area contributed by atoms with Crippen molar-refractivity contribution in [3.63, 3.8) is 0 Å². The van der Waals surface area contributed by atoms with Crippen LogP contribution in [0.2, 0.25) is 0 Å². The van der Waals surface area contributed by atoms with Crippen molar-refractivity contribution < 1.29 is 4.74 Å². The lowest BCUT2D eigenvalue weighted by molar-refractivity contribution is 0.0365. The van der Waals surface area contributed by atoms with E-state index in [1.807, 2.05) is 0 Å². The fourth-order valence-corrected chi connectivity index (χ4v) is 2.20. The lowest BCUT2D eigenvalue weighted by Crippen LogP contribution is -2.40. The van der Waals surface area contributed by atoms with Gasteiger partial charge in [-0.3, -0.25) is 4.90 Å². The van der Waals surface area contributed by atoms with Gasteiger partial charge in [-0.15, -0.1) is 0 Å². The van der Waals surface area contributed by atoms with Crippen LogP contribution in [-0.2, 0) is 4.74 Å². The summed E-state index contributed by atoms with van der Waals surface area (Å²) < 4.78 is 4.06. The van der Waals surface area contributed by atoms with Crippen molar-refractivity contribution in [2.75, 3.05) is 19.7 Å². The summed E-state index contributed by atoms with van der Waals surface area (Å²) in [6, 6.07) is 0. The lowest BCUT2D eigenvalue weighted by atomic mass is 10.2. The fourth-order valence-electron chi connectivity index (χ4n) is 1.60. The Balaban J connectivity index is 2.36. The molecule has 0 saturated carbocycles. The summed E-state index contributed by atoms with van der Waals surface area (Å²) in [6.07, 6.45) is 3.18. The van der Waals surface area contributed by atoms with Crippen LogP contribution >= 0.6 is 34.8 Å². The molecular formula is C9H16Cl3NO. The van der Waals surface area contributed by atoms with Gasteiger partial charge in [-0.05, 0) is 6.42 Å². The third-order valence-electron chi connectivity index (χ3n) is 2.31. The molecule has 5 heteroatoms. The average Bonchev–Trinajstić information content (AvgIpc) is 2.52. The quantitative estimate of drug-likeness (QED) is 0.568. The summed E-state index contributed by atoms with van der Waals surface area (Å²) in [5.74, 6) is 0. The highest BCUT2D eigenvalue weighted by molar-refractivity contribution is 6.68. The van der Waals surface area contributed by atoms with Crippen molar-refractivity contribution in [3.05, 3.63) is 0 Å². The summed E-state index contributed by atoms with van der Waals surface area (Å²) in [4.78, 5) is 2.10. The van der Waals surface area contributed by atoms with E-state index in [1.165, 1.54) is 12.8 Å². The van der Waals surface area contributed by atoms with Crippen molar-refractivity contribution in [3.8, 4) is 0 Å². The Bertz CT molecular complexity index is 172. The molecule has 1 rings (SSSR count). The molecule has 0 aliphatic carbocycles. The first-order chi connectivity index (χ1) is 6.55. The Kier molecular flexibility index (Phi) is 5.29. The van der Waals surface area contributed by atoms with Gasteiger partial charge in [-0.2, -0.15) is 0 Å². The van der Waals surface area contributed by atoms with Crippen LogP contribution in [0.3, 0.4) is 0 Å². The van der Waals surface area contributed by atoms with Gasteiger partial charge in [0.25, 0.3) is 0 Å². The minimum Gasteiger partial charge on any atom is -0.357 e. The molecule has 0 aromatic rings. The Morgan fingerprint density at radius 2 is 2.07 bits per heavy atom. The van der Waals surface area contributed by atoms with Gasteiger partial charge in [-0.1, -0.05) is 54.6 Å². The molecule has 1 aliphatic heterocycles. The number of alkyl halides is 3. The third-order valence-corrected chi connectivity index (χ3v) is 2.87. The molecule has 0 aromatic heterocycles. The van der Waals surface area contributed by atoms with Gasteiger partial charge in [0.1, 0.15) is 0 Å². The topological polar surface area (TPSA) is 12.5 Å². The highest BCUT2D eigenvalue weighted by Crippen LogP contribution is 2.36. The van der Waals surface area contributed by atoms with Gasteiger partial charge < -0.3 is 4.74 Å². The van der Waals surface area contributed by atoms with Crippen LogP contribution < -0.4 is 0 Å². The Labute approximate surface area is 100 Å². The molecule has 2 nitrogen and oxygen atoms in total. The monoisotopic (exact) mass is 259 g/mol. The molecule has 0 spiro atoms. The first kappa shape index (κ1) is 12.9. The van der Waals surface area contributed by atoms with E-state index in [1.54, 1.807) is 0 Å². The molecule has 1 unspecified atom stereocenters. The highest BCUT2D eigenvalue weighted by Gasteiger charge is 2.41. The molecule has 1 atom stereocenters. The van der Waals surface area contributed by atoms with Gasteiger partial charge >= 0.3 is 0 Å². The van der Waals surface area contributed by atoms with Crippen LogP contribution in [0, 0.1) is 0 Å². The number of halogens is 3. The smallest absolute Gasteiger partial charge is 0.229 e. The van der Waals surface area contributed by atoms with Crippen LogP contribution in [0.1, 0.15) is 26.2 Å². The van der Waals surface area contributed by atoms with E-state index in [0.717, 1.165) is 19.5 Å². The summed E-state index contributed by atoms with van der Waals surface area (Å²) in [5, 5.41) is 0. The van der Waals surface area contributed by atoms with Crippen LogP contribution in [0.4, 0.5) is 0 Å². The second-order valence-corrected chi connectivity index (χ2v) is 5.88. The fraction of sp³-hybridized carbons (Fsp3) is 1.00. The minimum absolute atomic E-state index is 0.371. The maximum absolute atomic E-state index is 5.81. The van der Waals surface area contributed by atoms with Gasteiger partial charge in [0.15, 0.2) is 6.23 Å². The maximum atomic E-state index is 5.81. The zero-order valence-corrected chi connectivity index (χ0v) is 10.6. The molecular weight excluding hydrogens is 244 g/mol. The van der Waals surface area contributed by atoms with E-state index >= 15 is 0 Å². The lowest BCUT2D eigenvalue weighted by Gasteiger charge is -2.28. The largest absolute Gasteiger partial charge is 0.357 e. The van der Waals surface area contributed by atoms with E-state index in [-0.39, 0.29) is 6.23 Å². The molecule has 1 aliphatic rings. The summed E-state index contributed by atoms with van der Waals surface area (Å²) in [6.45, 7) is 4.65. The third kappa shape index (κ3) is 3.74.